The quantitative estimate of drug-likeness (QED) is 0.732. The van der Waals surface area contributed by atoms with Crippen LogP contribution in [0, 0.1) is 6.92 Å². The molecule has 0 saturated carbocycles. The van der Waals surface area contributed by atoms with Crippen LogP contribution in [0.15, 0.2) is 41.4 Å². The summed E-state index contributed by atoms with van der Waals surface area (Å²) in [5, 5.41) is 3.98. The summed E-state index contributed by atoms with van der Waals surface area (Å²) in [6.45, 7) is 4.46. The van der Waals surface area contributed by atoms with E-state index < -0.39 is 0 Å². The number of ether oxygens (including phenoxy) is 1. The highest BCUT2D eigenvalue weighted by atomic mass is 16.5. The zero-order valence-electron chi connectivity index (χ0n) is 11.8. The minimum Gasteiger partial charge on any atom is -0.492 e. The minimum atomic E-state index is 0.403. The lowest BCUT2D eigenvalue weighted by atomic mass is 10.2. The summed E-state index contributed by atoms with van der Waals surface area (Å²) in [5.41, 5.74) is 2.58. The molecule has 0 aliphatic carbocycles. The van der Waals surface area contributed by atoms with Gasteiger partial charge in [0.15, 0.2) is 0 Å². The standard InChI is InChI=1S/C15H14N4O2/c1-3-20-13-5-12(8-17-9-13)15-18-14(19-21-15)11-4-10(2)6-16-7-11/h4-9H,3H2,1-2H3. The summed E-state index contributed by atoms with van der Waals surface area (Å²) in [7, 11) is 0. The molecule has 0 aromatic carbocycles. The lowest BCUT2D eigenvalue weighted by molar-refractivity contribution is 0.338. The Labute approximate surface area is 121 Å². The van der Waals surface area contributed by atoms with Crippen LogP contribution in [0.25, 0.3) is 22.8 Å². The van der Waals surface area contributed by atoms with Gasteiger partial charge in [0, 0.05) is 24.2 Å². The normalized spacial score (nSPS) is 10.6. The molecule has 0 unspecified atom stereocenters. The van der Waals surface area contributed by atoms with Crippen molar-refractivity contribution in [1.82, 2.24) is 20.1 Å². The van der Waals surface area contributed by atoms with Gasteiger partial charge in [-0.3, -0.25) is 9.97 Å². The van der Waals surface area contributed by atoms with E-state index in [1.54, 1.807) is 24.8 Å². The molecule has 3 heterocycles. The second kappa shape index (κ2) is 5.70. The van der Waals surface area contributed by atoms with Crippen LogP contribution in [0.4, 0.5) is 0 Å². The molecule has 0 N–H and O–H groups in total. The topological polar surface area (TPSA) is 73.9 Å². The predicted molar refractivity (Wildman–Crippen MR) is 76.7 cm³/mol. The maximum Gasteiger partial charge on any atom is 0.259 e. The lowest BCUT2D eigenvalue weighted by Gasteiger charge is -2.02. The Morgan fingerprint density at radius 1 is 1.05 bits per heavy atom. The molecule has 0 aliphatic rings. The largest absolute Gasteiger partial charge is 0.492 e. The van der Waals surface area contributed by atoms with Crippen molar-refractivity contribution in [3.63, 3.8) is 0 Å². The summed E-state index contributed by atoms with van der Waals surface area (Å²) < 4.78 is 10.7. The Morgan fingerprint density at radius 3 is 2.67 bits per heavy atom. The first-order chi connectivity index (χ1) is 10.3. The first-order valence-corrected chi connectivity index (χ1v) is 6.60. The van der Waals surface area contributed by atoms with Gasteiger partial charge in [0.25, 0.3) is 5.89 Å². The van der Waals surface area contributed by atoms with E-state index in [0.29, 0.717) is 24.1 Å². The van der Waals surface area contributed by atoms with E-state index in [-0.39, 0.29) is 0 Å². The van der Waals surface area contributed by atoms with E-state index in [0.717, 1.165) is 16.7 Å². The Hall–Kier alpha value is -2.76. The van der Waals surface area contributed by atoms with E-state index in [9.17, 15) is 0 Å². The second-order valence-electron chi connectivity index (χ2n) is 4.52. The van der Waals surface area contributed by atoms with Gasteiger partial charge in [-0.25, -0.2) is 0 Å². The zero-order chi connectivity index (χ0) is 14.7. The maximum absolute atomic E-state index is 5.41. The number of pyridine rings is 2. The zero-order valence-corrected chi connectivity index (χ0v) is 11.8. The van der Waals surface area contributed by atoms with Crippen molar-refractivity contribution in [3.05, 3.63) is 42.5 Å². The van der Waals surface area contributed by atoms with Crippen LogP contribution in [0.2, 0.25) is 0 Å². The van der Waals surface area contributed by atoms with Crippen molar-refractivity contribution >= 4 is 0 Å². The third-order valence-corrected chi connectivity index (χ3v) is 2.83. The van der Waals surface area contributed by atoms with Gasteiger partial charge in [-0.05, 0) is 31.5 Å². The van der Waals surface area contributed by atoms with Gasteiger partial charge < -0.3 is 9.26 Å². The monoisotopic (exact) mass is 282 g/mol. The van der Waals surface area contributed by atoms with E-state index in [1.807, 2.05) is 26.0 Å². The molecule has 21 heavy (non-hydrogen) atoms. The smallest absolute Gasteiger partial charge is 0.259 e. The maximum atomic E-state index is 5.41. The van der Waals surface area contributed by atoms with E-state index >= 15 is 0 Å². The number of rotatable bonds is 4. The first kappa shape index (κ1) is 13.2. The number of hydrogen-bond acceptors (Lipinski definition) is 6. The fourth-order valence-electron chi connectivity index (χ4n) is 1.92. The molecule has 0 bridgehead atoms. The third-order valence-electron chi connectivity index (χ3n) is 2.83. The second-order valence-corrected chi connectivity index (χ2v) is 4.52. The molecule has 3 rings (SSSR count). The number of aryl methyl sites for hydroxylation is 1. The average molecular weight is 282 g/mol. The minimum absolute atomic E-state index is 0.403. The number of hydrogen-bond donors (Lipinski definition) is 0. The molecule has 3 aromatic heterocycles. The number of nitrogens with zero attached hydrogens (tertiary/aromatic N) is 4. The van der Waals surface area contributed by atoms with Crippen LogP contribution in [-0.2, 0) is 0 Å². The van der Waals surface area contributed by atoms with Gasteiger partial charge in [-0.15, -0.1) is 0 Å². The van der Waals surface area contributed by atoms with E-state index in [4.69, 9.17) is 9.26 Å². The molecule has 0 fully saturated rings. The van der Waals surface area contributed by atoms with Gasteiger partial charge >= 0.3 is 0 Å². The van der Waals surface area contributed by atoms with Crippen LogP contribution < -0.4 is 4.74 Å². The summed E-state index contributed by atoms with van der Waals surface area (Å²) in [4.78, 5) is 12.6. The molecular weight excluding hydrogens is 268 g/mol. The molecule has 6 nitrogen and oxygen atoms in total. The molecular formula is C15H14N4O2. The van der Waals surface area contributed by atoms with Gasteiger partial charge in [-0.1, -0.05) is 5.16 Å². The highest BCUT2D eigenvalue weighted by molar-refractivity contribution is 5.59. The Kier molecular flexibility index (Phi) is 3.59. The van der Waals surface area contributed by atoms with Crippen molar-refractivity contribution in [2.45, 2.75) is 13.8 Å². The van der Waals surface area contributed by atoms with Crippen molar-refractivity contribution in [2.75, 3.05) is 6.61 Å². The summed E-state index contributed by atoms with van der Waals surface area (Å²) in [6, 6.07) is 3.78. The van der Waals surface area contributed by atoms with Crippen molar-refractivity contribution in [3.8, 4) is 28.6 Å². The highest BCUT2D eigenvalue weighted by Gasteiger charge is 2.12. The molecule has 0 atom stereocenters. The Morgan fingerprint density at radius 2 is 1.86 bits per heavy atom. The van der Waals surface area contributed by atoms with Crippen molar-refractivity contribution < 1.29 is 9.26 Å². The predicted octanol–water partition coefficient (Wildman–Crippen LogP) is 2.90. The van der Waals surface area contributed by atoms with Crippen molar-refractivity contribution in [2.24, 2.45) is 0 Å². The van der Waals surface area contributed by atoms with Crippen LogP contribution in [0.5, 0.6) is 5.75 Å². The Bertz CT molecular complexity index is 755. The van der Waals surface area contributed by atoms with Crippen LogP contribution in [0.1, 0.15) is 12.5 Å². The third kappa shape index (κ3) is 2.89. The van der Waals surface area contributed by atoms with E-state index in [2.05, 4.69) is 20.1 Å². The first-order valence-electron chi connectivity index (χ1n) is 6.60. The average Bonchev–Trinajstić information content (AvgIpc) is 2.98. The Balaban J connectivity index is 1.93. The van der Waals surface area contributed by atoms with Crippen LogP contribution >= 0.6 is 0 Å². The summed E-state index contributed by atoms with van der Waals surface area (Å²) in [6.07, 6.45) is 6.79. The SMILES string of the molecule is CCOc1cncc(-c2nc(-c3cncc(C)c3)no2)c1. The van der Waals surface area contributed by atoms with Gasteiger partial charge in [0.05, 0.1) is 18.4 Å². The molecule has 6 heteroatoms. The van der Waals surface area contributed by atoms with Crippen molar-refractivity contribution in [1.29, 1.82) is 0 Å². The van der Waals surface area contributed by atoms with E-state index in [1.165, 1.54) is 0 Å². The number of aromatic nitrogens is 4. The molecule has 0 spiro atoms. The highest BCUT2D eigenvalue weighted by Crippen LogP contribution is 2.24. The lowest BCUT2D eigenvalue weighted by Crippen LogP contribution is -1.92. The van der Waals surface area contributed by atoms with Crippen LogP contribution in [0.3, 0.4) is 0 Å². The fraction of sp³-hybridized carbons (Fsp3) is 0.200. The summed E-state index contributed by atoms with van der Waals surface area (Å²) in [5.74, 6) is 1.58. The fourth-order valence-corrected chi connectivity index (χ4v) is 1.92. The van der Waals surface area contributed by atoms with Gasteiger partial charge in [-0.2, -0.15) is 4.98 Å². The molecule has 0 radical (unpaired) electrons. The summed E-state index contributed by atoms with van der Waals surface area (Å²) >= 11 is 0. The van der Waals surface area contributed by atoms with Gasteiger partial charge in [0.2, 0.25) is 5.82 Å². The molecule has 0 aliphatic heterocycles. The molecule has 106 valence electrons. The van der Waals surface area contributed by atoms with Gasteiger partial charge in [0.1, 0.15) is 5.75 Å². The molecule has 3 aromatic rings. The molecule has 0 amide bonds. The molecule has 0 saturated heterocycles. The van der Waals surface area contributed by atoms with Crippen LogP contribution in [-0.4, -0.2) is 26.7 Å².